The fourth-order valence-corrected chi connectivity index (χ4v) is 8.82. The molecule has 0 unspecified atom stereocenters. The summed E-state index contributed by atoms with van der Waals surface area (Å²) in [6.07, 6.45) is 17.5. The van der Waals surface area contributed by atoms with Crippen molar-refractivity contribution in [2.45, 2.75) is 111 Å². The Morgan fingerprint density at radius 2 is 0.983 bits per heavy atom. The first-order chi connectivity index (χ1) is 28.9. The van der Waals surface area contributed by atoms with Gasteiger partial charge < -0.3 is 0 Å². The summed E-state index contributed by atoms with van der Waals surface area (Å²) in [6.45, 7) is 18.4. The Labute approximate surface area is 377 Å². The van der Waals surface area contributed by atoms with Crippen LogP contribution in [0.4, 0.5) is 0 Å². The van der Waals surface area contributed by atoms with Gasteiger partial charge in [-0.3, -0.25) is 6.08 Å². The van der Waals surface area contributed by atoms with E-state index < -0.39 is 0 Å². The van der Waals surface area contributed by atoms with E-state index in [-0.39, 0.29) is 10.8 Å². The number of hydrogen-bond acceptors (Lipinski definition) is 0. The summed E-state index contributed by atoms with van der Waals surface area (Å²) in [5.41, 5.74) is 13.8. The molecule has 0 heterocycles. The Morgan fingerprint density at radius 1 is 0.567 bits per heavy atom. The van der Waals surface area contributed by atoms with Crippen LogP contribution in [-0.2, 0) is 47.9 Å². The van der Waals surface area contributed by atoms with Crippen molar-refractivity contribution < 1.29 is 24.2 Å². The molecule has 0 spiro atoms. The van der Waals surface area contributed by atoms with Crippen LogP contribution in [0.5, 0.6) is 0 Å². The van der Waals surface area contributed by atoms with Crippen LogP contribution in [0.15, 0.2) is 158 Å². The normalized spacial score (nSPS) is 12.3. The Hall–Kier alpha value is -4.58. The number of allylic oxidation sites excluding steroid dienone is 4. The molecule has 0 aromatic heterocycles. The molecule has 0 aliphatic heterocycles. The number of aryl methyl sites for hydroxylation is 2. The summed E-state index contributed by atoms with van der Waals surface area (Å²) in [7, 11) is 0. The largest absolute Gasteiger partial charge is 0.273 e. The van der Waals surface area contributed by atoms with Crippen LogP contribution in [0, 0.1) is 6.08 Å². The summed E-state index contributed by atoms with van der Waals surface area (Å²) in [6, 6.07) is 52.1. The van der Waals surface area contributed by atoms with Crippen molar-refractivity contribution in [2.75, 3.05) is 0 Å². The van der Waals surface area contributed by atoms with Crippen molar-refractivity contribution >= 4 is 24.8 Å². The second-order valence-corrected chi connectivity index (χ2v) is 19.6. The minimum absolute atomic E-state index is 0.0554. The van der Waals surface area contributed by atoms with Gasteiger partial charge in [0, 0.05) is 0 Å². The number of rotatable bonds is 10. The molecule has 0 amide bonds. The van der Waals surface area contributed by atoms with Crippen LogP contribution >= 0.6 is 0 Å². The molecule has 0 radical (unpaired) electrons. The summed E-state index contributed by atoms with van der Waals surface area (Å²) in [5, 5.41) is 5.36. The second-order valence-electron chi connectivity index (χ2n) is 18.3. The number of hydrogen-bond donors (Lipinski definition) is 0. The zero-order valence-corrected chi connectivity index (χ0v) is 39.9. The van der Waals surface area contributed by atoms with Crippen LogP contribution in [-0.4, -0.2) is 3.21 Å². The minimum Gasteiger partial charge on any atom is -0.273 e. The first-order valence-electron chi connectivity index (χ1n) is 22.2. The zero-order chi connectivity index (χ0) is 42.7. The second kappa shape index (κ2) is 20.8. The number of fused-ring (bicyclic) bond motifs is 3. The van der Waals surface area contributed by atoms with Crippen molar-refractivity contribution in [3.63, 3.8) is 0 Å². The van der Waals surface area contributed by atoms with E-state index in [1.165, 1.54) is 143 Å². The standard InChI is InChI=1S/C33H33.C21H26.C5H5.Zr/c1-32(2,3)30-20-26-24(18-28(30)22-13-9-7-10-14-22)17-25-19-29(23-15-11-8-12-16-23)31(21-27(25)26)33(4,5)6;1-3-5-7-18-9-13-20(14-10-18)17-21-15-11-19(12-16-21)8-6-4-2;1-2-4-5-3-1;/h7-21H,1-6H3;9-16H,3-8H2,1-2H3;1-3H,4H2;/q-1;;-1;+2. The third kappa shape index (κ3) is 11.6. The first-order valence-corrected chi connectivity index (χ1v) is 23.4. The maximum absolute atomic E-state index is 2.99. The summed E-state index contributed by atoms with van der Waals surface area (Å²) < 4.78 is 1.45. The van der Waals surface area contributed by atoms with Crippen molar-refractivity contribution in [1.82, 2.24) is 0 Å². The van der Waals surface area contributed by atoms with Gasteiger partial charge in [0.25, 0.3) is 0 Å². The van der Waals surface area contributed by atoms with Crippen LogP contribution in [0.3, 0.4) is 0 Å². The van der Waals surface area contributed by atoms with Gasteiger partial charge in [0.05, 0.1) is 0 Å². The zero-order valence-electron chi connectivity index (χ0n) is 37.5. The maximum Gasteiger partial charge on any atom is -0.109 e. The monoisotopic (exact) mass is 862 g/mol. The van der Waals surface area contributed by atoms with Gasteiger partial charge in [0.1, 0.15) is 0 Å². The molecule has 304 valence electrons. The molecule has 7 aromatic carbocycles. The summed E-state index contributed by atoms with van der Waals surface area (Å²) in [5.74, 6) is 0. The first kappa shape index (κ1) is 45.0. The van der Waals surface area contributed by atoms with Crippen molar-refractivity contribution in [1.29, 1.82) is 0 Å². The van der Waals surface area contributed by atoms with Gasteiger partial charge in [-0.2, -0.15) is 6.08 Å². The molecule has 8 rings (SSSR count). The smallest absolute Gasteiger partial charge is 0.109 e. The summed E-state index contributed by atoms with van der Waals surface area (Å²) >= 11 is 1.48. The van der Waals surface area contributed by atoms with Gasteiger partial charge in [0.2, 0.25) is 0 Å². The molecule has 0 N–H and O–H groups in total. The topological polar surface area (TPSA) is 0 Å². The fourth-order valence-electron chi connectivity index (χ4n) is 8.00. The quantitative estimate of drug-likeness (QED) is 0.120. The SMILES string of the molecule is CC(C)(C)c1cc2c(cc1-c1ccccc1)[cH-]c1cc(-c3ccccc3)c(C(C)(C)C)cc12.CCCCc1ccc([C](=[Zr+2])c2ccc(CCCC)cc2)cc1.[C-]1=CC=CC1. The molecule has 0 saturated heterocycles. The molecule has 7 aromatic rings. The van der Waals surface area contributed by atoms with E-state index in [0.717, 1.165) is 6.42 Å². The van der Waals surface area contributed by atoms with E-state index in [0.29, 0.717) is 0 Å². The predicted octanol–water partition coefficient (Wildman–Crippen LogP) is 16.4. The minimum atomic E-state index is 0.0554. The summed E-state index contributed by atoms with van der Waals surface area (Å²) in [4.78, 5) is 0. The van der Waals surface area contributed by atoms with E-state index >= 15 is 0 Å². The Bertz CT molecular complexity index is 2340. The molecule has 0 atom stereocenters. The molecule has 1 heteroatoms. The van der Waals surface area contributed by atoms with Gasteiger partial charge >= 0.3 is 151 Å². The molecule has 60 heavy (non-hydrogen) atoms. The fraction of sp³-hybridized carbons (Fsp3) is 0.288. The molecular weight excluding hydrogens is 800 g/mol. The Balaban J connectivity index is 0.000000192. The van der Waals surface area contributed by atoms with Gasteiger partial charge in [-0.25, -0.2) is 12.2 Å². The van der Waals surface area contributed by atoms with Gasteiger partial charge in [-0.05, 0) is 44.2 Å². The molecule has 1 aliphatic rings. The van der Waals surface area contributed by atoms with E-state index in [2.05, 4.69) is 207 Å². The third-order valence-corrected chi connectivity index (χ3v) is 12.9. The molecule has 0 saturated carbocycles. The average molecular weight is 864 g/mol. The number of benzene rings is 6. The molecule has 1 aliphatic carbocycles. The van der Waals surface area contributed by atoms with Gasteiger partial charge in [0.15, 0.2) is 0 Å². The average Bonchev–Trinajstić information content (AvgIpc) is 3.97. The van der Waals surface area contributed by atoms with Crippen LogP contribution in [0.25, 0.3) is 43.8 Å². The predicted molar refractivity (Wildman–Crippen MR) is 260 cm³/mol. The Kier molecular flexibility index (Phi) is 15.6. The maximum atomic E-state index is 2.99. The molecule has 0 bridgehead atoms. The molecule has 0 fully saturated rings. The van der Waals surface area contributed by atoms with E-state index in [9.17, 15) is 0 Å². The van der Waals surface area contributed by atoms with E-state index in [1.54, 1.807) is 0 Å². The molecular formula is C59H64Zr. The van der Waals surface area contributed by atoms with Gasteiger partial charge in [-0.15, -0.1) is 46.2 Å². The van der Waals surface area contributed by atoms with Gasteiger partial charge in [-0.1, -0.05) is 114 Å². The Morgan fingerprint density at radius 3 is 1.30 bits per heavy atom. The number of unbranched alkanes of at least 4 members (excludes halogenated alkanes) is 2. The van der Waals surface area contributed by atoms with Crippen molar-refractivity contribution in [2.24, 2.45) is 0 Å². The van der Waals surface area contributed by atoms with E-state index in [1.807, 2.05) is 12.2 Å². The third-order valence-electron chi connectivity index (χ3n) is 11.5. The van der Waals surface area contributed by atoms with Crippen molar-refractivity contribution in [3.8, 4) is 22.3 Å². The van der Waals surface area contributed by atoms with Crippen LogP contribution in [0.1, 0.15) is 121 Å². The van der Waals surface area contributed by atoms with Crippen LogP contribution < -0.4 is 0 Å². The molecule has 0 nitrogen and oxygen atoms in total. The van der Waals surface area contributed by atoms with Crippen LogP contribution in [0.2, 0.25) is 0 Å². The van der Waals surface area contributed by atoms with Crippen molar-refractivity contribution in [3.05, 3.63) is 197 Å². The van der Waals surface area contributed by atoms with E-state index in [4.69, 9.17) is 0 Å².